The summed E-state index contributed by atoms with van der Waals surface area (Å²) in [6.07, 6.45) is 1.77. The summed E-state index contributed by atoms with van der Waals surface area (Å²) in [6.45, 7) is 0.845. The highest BCUT2D eigenvalue weighted by atomic mass is 79.9. The Morgan fingerprint density at radius 2 is 1.86 bits per heavy atom. The van der Waals surface area contributed by atoms with Gasteiger partial charge < -0.3 is 10.1 Å². The first-order valence-corrected chi connectivity index (χ1v) is 8.10. The van der Waals surface area contributed by atoms with Crippen molar-refractivity contribution in [3.8, 4) is 11.6 Å². The van der Waals surface area contributed by atoms with E-state index in [1.165, 1.54) is 0 Å². The van der Waals surface area contributed by atoms with E-state index in [2.05, 4.69) is 31.4 Å². The number of nitrogens with zero attached hydrogens (tertiary/aromatic N) is 2. The number of fused-ring (bicyclic) bond motifs is 1. The molecule has 0 unspecified atom stereocenters. The molecule has 0 saturated heterocycles. The Balaban J connectivity index is 2.03. The first-order valence-electron chi connectivity index (χ1n) is 6.17. The molecule has 110 valence electrons. The topological polar surface area (TPSA) is 47.0 Å². The zero-order valence-electron chi connectivity index (χ0n) is 10.6. The molecule has 1 aromatic heterocycles. The standard InChI is InChI=1S/C13H9BrCl3N3O/c14-6-4-8(15)11(9(16)5-6)21-13-7-2-1-3-18-10(7)12(17)19-20-13/h4-5,18H,1-3H2. The van der Waals surface area contributed by atoms with Gasteiger partial charge in [0.05, 0.1) is 15.7 Å². The van der Waals surface area contributed by atoms with Crippen molar-refractivity contribution in [3.05, 3.63) is 37.4 Å². The number of aromatic nitrogens is 2. The molecule has 1 N–H and O–H groups in total. The van der Waals surface area contributed by atoms with Gasteiger partial charge in [-0.25, -0.2) is 0 Å². The fraction of sp³-hybridized carbons (Fsp3) is 0.231. The summed E-state index contributed by atoms with van der Waals surface area (Å²) in [4.78, 5) is 0. The monoisotopic (exact) mass is 407 g/mol. The highest BCUT2D eigenvalue weighted by Crippen LogP contribution is 2.41. The summed E-state index contributed by atoms with van der Waals surface area (Å²) in [7, 11) is 0. The van der Waals surface area contributed by atoms with Crippen LogP contribution in [0.4, 0.5) is 5.69 Å². The van der Waals surface area contributed by atoms with Crippen LogP contribution < -0.4 is 10.1 Å². The molecule has 1 aliphatic rings. The van der Waals surface area contributed by atoms with Crippen LogP contribution in [0.25, 0.3) is 0 Å². The number of hydrogen-bond acceptors (Lipinski definition) is 4. The molecule has 0 radical (unpaired) electrons. The minimum Gasteiger partial charge on any atom is -0.434 e. The SMILES string of the molecule is Clc1cc(Br)cc(Cl)c1Oc1nnc(Cl)c2c1CCCN2. The largest absolute Gasteiger partial charge is 0.434 e. The van der Waals surface area contributed by atoms with Gasteiger partial charge in [0, 0.05) is 16.6 Å². The molecule has 8 heteroatoms. The lowest BCUT2D eigenvalue weighted by molar-refractivity contribution is 0.447. The summed E-state index contributed by atoms with van der Waals surface area (Å²) in [5.74, 6) is 0.721. The van der Waals surface area contributed by atoms with E-state index in [9.17, 15) is 0 Å². The highest BCUT2D eigenvalue weighted by molar-refractivity contribution is 9.10. The quantitative estimate of drug-likeness (QED) is 0.726. The van der Waals surface area contributed by atoms with Crippen molar-refractivity contribution in [2.24, 2.45) is 0 Å². The first kappa shape index (κ1) is 15.2. The zero-order chi connectivity index (χ0) is 15.0. The van der Waals surface area contributed by atoms with Gasteiger partial charge in [0.15, 0.2) is 10.9 Å². The van der Waals surface area contributed by atoms with Gasteiger partial charge in [0.1, 0.15) is 0 Å². The highest BCUT2D eigenvalue weighted by Gasteiger charge is 2.21. The molecular formula is C13H9BrCl3N3O. The second-order valence-electron chi connectivity index (χ2n) is 4.48. The van der Waals surface area contributed by atoms with Crippen molar-refractivity contribution in [1.29, 1.82) is 0 Å². The predicted octanol–water partition coefficient (Wildman–Crippen LogP) is 5.35. The summed E-state index contributed by atoms with van der Waals surface area (Å²) in [5, 5.41) is 12.2. The van der Waals surface area contributed by atoms with Crippen molar-refractivity contribution >= 4 is 56.4 Å². The van der Waals surface area contributed by atoms with E-state index in [-0.39, 0.29) is 0 Å². The van der Waals surface area contributed by atoms with Gasteiger partial charge in [0.2, 0.25) is 5.88 Å². The lowest BCUT2D eigenvalue weighted by atomic mass is 10.1. The molecule has 2 aromatic rings. The van der Waals surface area contributed by atoms with Crippen LogP contribution in [-0.4, -0.2) is 16.7 Å². The Morgan fingerprint density at radius 3 is 2.57 bits per heavy atom. The number of halogens is 4. The van der Waals surface area contributed by atoms with E-state index in [0.717, 1.165) is 35.1 Å². The van der Waals surface area contributed by atoms with Crippen LogP contribution in [-0.2, 0) is 6.42 Å². The Bertz CT molecular complexity index is 688. The van der Waals surface area contributed by atoms with Crippen LogP contribution in [0.15, 0.2) is 16.6 Å². The Morgan fingerprint density at radius 1 is 1.14 bits per heavy atom. The molecule has 0 amide bonds. The third-order valence-electron chi connectivity index (χ3n) is 3.06. The number of rotatable bonds is 2. The smallest absolute Gasteiger partial charge is 0.244 e. The molecule has 21 heavy (non-hydrogen) atoms. The molecule has 0 atom stereocenters. The summed E-state index contributed by atoms with van der Waals surface area (Å²) in [6, 6.07) is 3.41. The van der Waals surface area contributed by atoms with Gasteiger partial charge in [-0.05, 0) is 25.0 Å². The number of anilines is 1. The van der Waals surface area contributed by atoms with E-state index >= 15 is 0 Å². The van der Waals surface area contributed by atoms with Crippen LogP contribution in [0.3, 0.4) is 0 Å². The van der Waals surface area contributed by atoms with Crippen molar-refractivity contribution in [2.75, 3.05) is 11.9 Å². The van der Waals surface area contributed by atoms with Crippen LogP contribution >= 0.6 is 50.7 Å². The van der Waals surface area contributed by atoms with Crippen molar-refractivity contribution in [2.45, 2.75) is 12.8 Å². The molecule has 3 rings (SSSR count). The summed E-state index contributed by atoms with van der Waals surface area (Å²) < 4.78 is 6.57. The van der Waals surface area contributed by atoms with Gasteiger partial charge >= 0.3 is 0 Å². The Kier molecular flexibility index (Phi) is 4.45. The molecule has 2 heterocycles. The number of nitrogens with one attached hydrogen (secondary N) is 1. The fourth-order valence-corrected chi connectivity index (χ4v) is 3.63. The molecule has 1 aliphatic heterocycles. The lowest BCUT2D eigenvalue weighted by Crippen LogP contribution is -2.14. The minimum atomic E-state index is 0.338. The molecule has 4 nitrogen and oxygen atoms in total. The number of ether oxygens (including phenoxy) is 1. The van der Waals surface area contributed by atoms with E-state index in [1.807, 2.05) is 0 Å². The third-order valence-corrected chi connectivity index (χ3v) is 4.35. The van der Waals surface area contributed by atoms with Gasteiger partial charge in [-0.3, -0.25) is 0 Å². The van der Waals surface area contributed by atoms with Crippen molar-refractivity contribution in [1.82, 2.24) is 10.2 Å². The molecule has 0 fully saturated rings. The van der Waals surface area contributed by atoms with Gasteiger partial charge in [-0.15, -0.1) is 10.2 Å². The Hall–Kier alpha value is -0.750. The average Bonchev–Trinajstić information content (AvgIpc) is 2.45. The van der Waals surface area contributed by atoms with Crippen LogP contribution in [0.1, 0.15) is 12.0 Å². The van der Waals surface area contributed by atoms with E-state index in [0.29, 0.717) is 26.8 Å². The average molecular weight is 409 g/mol. The van der Waals surface area contributed by atoms with Crippen molar-refractivity contribution in [3.63, 3.8) is 0 Å². The van der Waals surface area contributed by atoms with Crippen LogP contribution in [0.5, 0.6) is 11.6 Å². The maximum atomic E-state index is 6.17. The second-order valence-corrected chi connectivity index (χ2v) is 6.57. The zero-order valence-corrected chi connectivity index (χ0v) is 14.4. The molecule has 0 spiro atoms. The molecule has 1 aromatic carbocycles. The normalized spacial score (nSPS) is 13.5. The van der Waals surface area contributed by atoms with Gasteiger partial charge in [-0.2, -0.15) is 0 Å². The summed E-state index contributed by atoms with van der Waals surface area (Å²) >= 11 is 21.7. The third kappa shape index (κ3) is 3.06. The maximum absolute atomic E-state index is 6.17. The lowest BCUT2D eigenvalue weighted by Gasteiger charge is -2.20. The molecule has 0 saturated carbocycles. The molecule has 0 bridgehead atoms. The van der Waals surface area contributed by atoms with Crippen molar-refractivity contribution < 1.29 is 4.74 Å². The number of benzene rings is 1. The fourth-order valence-electron chi connectivity index (χ4n) is 2.13. The van der Waals surface area contributed by atoms with Crippen LogP contribution in [0, 0.1) is 0 Å². The van der Waals surface area contributed by atoms with Gasteiger partial charge in [-0.1, -0.05) is 50.7 Å². The predicted molar refractivity (Wildman–Crippen MR) is 88.1 cm³/mol. The second kappa shape index (κ2) is 6.16. The minimum absolute atomic E-state index is 0.338. The van der Waals surface area contributed by atoms with E-state index in [4.69, 9.17) is 39.5 Å². The molecule has 0 aliphatic carbocycles. The van der Waals surface area contributed by atoms with E-state index < -0.39 is 0 Å². The summed E-state index contributed by atoms with van der Waals surface area (Å²) in [5.41, 5.74) is 1.65. The number of hydrogen-bond donors (Lipinski definition) is 1. The Labute approximate surface area is 144 Å². The first-order chi connectivity index (χ1) is 10.1. The molecular weight excluding hydrogens is 400 g/mol. The van der Waals surface area contributed by atoms with Gasteiger partial charge in [0.25, 0.3) is 0 Å². The van der Waals surface area contributed by atoms with E-state index in [1.54, 1.807) is 12.1 Å². The maximum Gasteiger partial charge on any atom is 0.244 e. The van der Waals surface area contributed by atoms with Crippen LogP contribution in [0.2, 0.25) is 15.2 Å².